The Morgan fingerprint density at radius 1 is 0.921 bits per heavy atom. The number of H-pyrrole nitrogens is 1. The lowest BCUT2D eigenvalue weighted by molar-refractivity contribution is -0.127. The molecule has 11 heteroatoms. The summed E-state index contributed by atoms with van der Waals surface area (Å²) in [7, 11) is 2.96. The van der Waals surface area contributed by atoms with Crippen molar-refractivity contribution in [3.63, 3.8) is 0 Å². The molecule has 1 aliphatic heterocycles. The van der Waals surface area contributed by atoms with E-state index >= 15 is 0 Å². The topological polar surface area (TPSA) is 131 Å². The van der Waals surface area contributed by atoms with Crippen LogP contribution in [0.25, 0.3) is 22.2 Å². The molecule has 4 aromatic rings. The Bertz CT molecular complexity index is 1530. The standard InChI is InChI=1S/C27H26N6O5/c1-16-18(13-30-27(31-16)38-3)22-23-21(20(37-2)15-29-22)19(14-28-23)24(34)26(36)33-11-9-32(10-12-33)25(35)17-7-5-4-6-8-17/h4-8,13-15,28H,9-12H2,1-3H3. The van der Waals surface area contributed by atoms with Crippen molar-refractivity contribution in [3.05, 3.63) is 65.7 Å². The Kier molecular flexibility index (Phi) is 6.73. The van der Waals surface area contributed by atoms with Crippen molar-refractivity contribution in [3.8, 4) is 23.0 Å². The fourth-order valence-electron chi connectivity index (χ4n) is 4.57. The van der Waals surface area contributed by atoms with Crippen LogP contribution in [0.3, 0.4) is 0 Å². The molecule has 0 unspecified atom stereocenters. The molecule has 3 aromatic heterocycles. The van der Waals surface area contributed by atoms with E-state index in [1.807, 2.05) is 18.2 Å². The molecule has 0 spiro atoms. The van der Waals surface area contributed by atoms with Gasteiger partial charge in [0.2, 0.25) is 0 Å². The first kappa shape index (κ1) is 24.9. The second kappa shape index (κ2) is 10.3. The van der Waals surface area contributed by atoms with E-state index in [1.54, 1.807) is 30.2 Å². The van der Waals surface area contributed by atoms with Crippen LogP contribution in [0, 0.1) is 6.92 Å². The maximum Gasteiger partial charge on any atom is 0.316 e. The van der Waals surface area contributed by atoms with E-state index in [-0.39, 0.29) is 30.6 Å². The number of nitrogens with zero attached hydrogens (tertiary/aromatic N) is 5. The molecule has 2 amide bonds. The number of Topliss-reactive ketones (excluding diaryl/α,β-unsaturated/α-hetero) is 1. The van der Waals surface area contributed by atoms with Crippen molar-refractivity contribution < 1.29 is 23.9 Å². The van der Waals surface area contributed by atoms with E-state index in [0.29, 0.717) is 52.3 Å². The van der Waals surface area contributed by atoms with Crippen LogP contribution < -0.4 is 9.47 Å². The first-order chi connectivity index (χ1) is 18.4. The van der Waals surface area contributed by atoms with Gasteiger partial charge in [-0.1, -0.05) is 18.2 Å². The summed E-state index contributed by atoms with van der Waals surface area (Å²) in [6.07, 6.45) is 4.59. The number of amides is 2. The maximum absolute atomic E-state index is 13.4. The molecule has 4 heterocycles. The SMILES string of the molecule is COc1ncc(-c2ncc(OC)c3c(C(=O)C(=O)N4CCN(C(=O)c5ccccc5)CC4)c[nH]c23)c(C)n1. The lowest BCUT2D eigenvalue weighted by atomic mass is 10.0. The minimum absolute atomic E-state index is 0.0942. The summed E-state index contributed by atoms with van der Waals surface area (Å²) in [6.45, 7) is 3.01. The van der Waals surface area contributed by atoms with Gasteiger partial charge in [0.1, 0.15) is 5.75 Å². The van der Waals surface area contributed by atoms with E-state index in [2.05, 4.69) is 19.9 Å². The highest BCUT2D eigenvalue weighted by molar-refractivity contribution is 6.45. The van der Waals surface area contributed by atoms with Crippen LogP contribution in [0.4, 0.5) is 0 Å². The molecule has 0 aliphatic carbocycles. The summed E-state index contributed by atoms with van der Waals surface area (Å²) in [5, 5.41) is 0.448. The second-order valence-corrected chi connectivity index (χ2v) is 8.76. The normalized spacial score (nSPS) is 13.4. The number of ketones is 1. The Morgan fingerprint density at radius 3 is 2.29 bits per heavy atom. The lowest BCUT2D eigenvalue weighted by Gasteiger charge is -2.34. The summed E-state index contributed by atoms with van der Waals surface area (Å²) in [4.78, 5) is 58.6. The van der Waals surface area contributed by atoms with Gasteiger partial charge >= 0.3 is 6.01 Å². The van der Waals surface area contributed by atoms with Crippen LogP contribution in [-0.4, -0.2) is 87.7 Å². The number of carbonyl (C=O) groups excluding carboxylic acids is 3. The number of hydrogen-bond donors (Lipinski definition) is 1. The summed E-state index contributed by atoms with van der Waals surface area (Å²) in [5.74, 6) is -1.05. The van der Waals surface area contributed by atoms with Gasteiger partial charge in [0.05, 0.1) is 48.3 Å². The summed E-state index contributed by atoms with van der Waals surface area (Å²) < 4.78 is 10.6. The van der Waals surface area contributed by atoms with Gasteiger partial charge in [-0.05, 0) is 19.1 Å². The molecule has 1 fully saturated rings. The van der Waals surface area contributed by atoms with Gasteiger partial charge in [0.25, 0.3) is 17.6 Å². The van der Waals surface area contributed by atoms with Crippen molar-refractivity contribution >= 4 is 28.5 Å². The number of methoxy groups -OCH3 is 2. The molecule has 1 N–H and O–H groups in total. The van der Waals surface area contributed by atoms with Crippen LogP contribution in [-0.2, 0) is 4.79 Å². The molecule has 0 bridgehead atoms. The van der Waals surface area contributed by atoms with E-state index < -0.39 is 11.7 Å². The number of carbonyl (C=O) groups is 3. The molecule has 0 radical (unpaired) electrons. The van der Waals surface area contributed by atoms with Gasteiger partial charge in [-0.15, -0.1) is 0 Å². The monoisotopic (exact) mass is 514 g/mol. The fourth-order valence-corrected chi connectivity index (χ4v) is 4.57. The molecule has 5 rings (SSSR count). The molecule has 0 saturated carbocycles. The number of fused-ring (bicyclic) bond motifs is 1. The summed E-state index contributed by atoms with van der Waals surface area (Å²) >= 11 is 0. The largest absolute Gasteiger partial charge is 0.494 e. The highest BCUT2D eigenvalue weighted by atomic mass is 16.5. The van der Waals surface area contributed by atoms with E-state index in [4.69, 9.17) is 9.47 Å². The molecule has 1 saturated heterocycles. The van der Waals surface area contributed by atoms with Gasteiger partial charge in [-0.3, -0.25) is 19.4 Å². The van der Waals surface area contributed by atoms with Crippen LogP contribution in [0.2, 0.25) is 0 Å². The Labute approximate surface area is 218 Å². The van der Waals surface area contributed by atoms with Crippen LogP contribution in [0.1, 0.15) is 26.4 Å². The molecular formula is C27H26N6O5. The number of aromatic amines is 1. The van der Waals surface area contributed by atoms with Crippen LogP contribution >= 0.6 is 0 Å². The molecule has 0 atom stereocenters. The number of nitrogens with one attached hydrogen (secondary N) is 1. The first-order valence-electron chi connectivity index (χ1n) is 12.0. The lowest BCUT2D eigenvalue weighted by Crippen LogP contribution is -2.52. The number of hydrogen-bond acceptors (Lipinski definition) is 8. The van der Waals surface area contributed by atoms with Gasteiger partial charge in [-0.25, -0.2) is 4.98 Å². The number of pyridine rings is 1. The Hall–Kier alpha value is -4.80. The zero-order valence-electron chi connectivity index (χ0n) is 21.2. The van der Waals surface area contributed by atoms with Crippen LogP contribution in [0.5, 0.6) is 11.8 Å². The van der Waals surface area contributed by atoms with Gasteiger partial charge in [0.15, 0.2) is 0 Å². The maximum atomic E-state index is 13.4. The van der Waals surface area contributed by atoms with E-state index in [1.165, 1.54) is 31.5 Å². The zero-order valence-corrected chi connectivity index (χ0v) is 21.2. The number of rotatable bonds is 6. The second-order valence-electron chi connectivity index (χ2n) is 8.76. The third-order valence-electron chi connectivity index (χ3n) is 6.60. The van der Waals surface area contributed by atoms with Crippen molar-refractivity contribution in [2.24, 2.45) is 0 Å². The molecular weight excluding hydrogens is 488 g/mol. The number of aryl methyl sites for hydroxylation is 1. The Balaban J connectivity index is 1.39. The van der Waals surface area contributed by atoms with Crippen LogP contribution in [0.15, 0.2) is 48.9 Å². The Morgan fingerprint density at radius 2 is 1.63 bits per heavy atom. The first-order valence-corrected chi connectivity index (χ1v) is 12.0. The minimum Gasteiger partial charge on any atom is -0.494 e. The third-order valence-corrected chi connectivity index (χ3v) is 6.60. The molecule has 11 nitrogen and oxygen atoms in total. The molecule has 1 aromatic carbocycles. The van der Waals surface area contributed by atoms with Crippen molar-refractivity contribution in [1.82, 2.24) is 29.7 Å². The number of benzene rings is 1. The average molecular weight is 515 g/mol. The van der Waals surface area contributed by atoms with Gasteiger partial charge in [0, 0.05) is 49.7 Å². The van der Waals surface area contributed by atoms with Crippen molar-refractivity contribution in [1.29, 1.82) is 0 Å². The molecule has 38 heavy (non-hydrogen) atoms. The highest BCUT2D eigenvalue weighted by Gasteiger charge is 2.31. The molecule has 1 aliphatic rings. The quantitative estimate of drug-likeness (QED) is 0.307. The fraction of sp³-hybridized carbons (Fsp3) is 0.259. The van der Waals surface area contributed by atoms with Gasteiger partial charge in [-0.2, -0.15) is 4.98 Å². The highest BCUT2D eigenvalue weighted by Crippen LogP contribution is 2.35. The predicted octanol–water partition coefficient (Wildman–Crippen LogP) is 2.51. The van der Waals surface area contributed by atoms with E-state index in [0.717, 1.165) is 0 Å². The van der Waals surface area contributed by atoms with E-state index in [9.17, 15) is 14.4 Å². The predicted molar refractivity (Wildman–Crippen MR) is 138 cm³/mol. The third kappa shape index (κ3) is 4.42. The summed E-state index contributed by atoms with van der Waals surface area (Å²) in [6, 6.07) is 9.22. The smallest absolute Gasteiger partial charge is 0.316 e. The molecule has 194 valence electrons. The number of piperazine rings is 1. The minimum atomic E-state index is -0.669. The average Bonchev–Trinajstić information content (AvgIpc) is 3.41. The van der Waals surface area contributed by atoms with Crippen molar-refractivity contribution in [2.45, 2.75) is 6.92 Å². The number of ether oxygens (including phenoxy) is 2. The summed E-state index contributed by atoms with van der Waals surface area (Å²) in [5.41, 5.74) is 3.09. The number of aromatic nitrogens is 4. The van der Waals surface area contributed by atoms with Gasteiger partial charge < -0.3 is 24.3 Å². The van der Waals surface area contributed by atoms with Crippen molar-refractivity contribution in [2.75, 3.05) is 40.4 Å². The zero-order chi connectivity index (χ0) is 26.8.